The van der Waals surface area contributed by atoms with E-state index < -0.39 is 12.1 Å². The average Bonchev–Trinajstić information content (AvgIpc) is 4.18. The van der Waals surface area contributed by atoms with Crippen LogP contribution >= 0.6 is 0 Å². The molecule has 4 heterocycles. The molecule has 5 N–H and O–H groups in total. The fourth-order valence-corrected chi connectivity index (χ4v) is 7.92. The summed E-state index contributed by atoms with van der Waals surface area (Å²) in [7, 11) is 4.52. The van der Waals surface area contributed by atoms with Gasteiger partial charge in [-0.2, -0.15) is 0 Å². The molecule has 0 bridgehead atoms. The van der Waals surface area contributed by atoms with Gasteiger partial charge in [-0.25, -0.2) is 14.8 Å². The molecule has 2 aliphatic rings. The van der Waals surface area contributed by atoms with Crippen LogP contribution < -0.4 is 10.6 Å². The third-order valence-corrected chi connectivity index (χ3v) is 10.8. The number of amides is 4. The number of imidazole rings is 2. The van der Waals surface area contributed by atoms with Crippen molar-refractivity contribution in [1.82, 2.24) is 40.4 Å². The van der Waals surface area contributed by atoms with Crippen molar-refractivity contribution in [3.05, 3.63) is 121 Å². The second-order valence-corrected chi connectivity index (χ2v) is 15.6. The quantitative estimate of drug-likeness (QED) is 0.0799. The van der Waals surface area contributed by atoms with Crippen LogP contribution in [0.15, 0.2) is 103 Å². The van der Waals surface area contributed by atoms with Crippen LogP contribution in [0.25, 0.3) is 44.4 Å². The van der Waals surface area contributed by atoms with E-state index in [-0.39, 0.29) is 37.0 Å². The molecule has 2 fully saturated rings. The first-order chi connectivity index (χ1) is 31.6. The number of aliphatic hydroxyl groups is 1. The summed E-state index contributed by atoms with van der Waals surface area (Å²) in [6.45, 7) is 7.26. The number of nitrogens with one attached hydrogen (secondary N) is 4. The van der Waals surface area contributed by atoms with Gasteiger partial charge in [-0.05, 0) is 77.8 Å². The summed E-state index contributed by atoms with van der Waals surface area (Å²) in [6.07, 6.45) is 8.10. The van der Waals surface area contributed by atoms with Gasteiger partial charge in [0.2, 0.25) is 18.2 Å². The van der Waals surface area contributed by atoms with E-state index in [9.17, 15) is 19.2 Å². The number of ether oxygens (including phenoxy) is 2. The normalized spacial score (nSPS) is 15.6. The summed E-state index contributed by atoms with van der Waals surface area (Å²) >= 11 is 0. The molecule has 2 aromatic heterocycles. The SMILES string of the molecule is CCC.CCO.COC.COC(=O)NCC(=O)N1CCCC1c1ncc(-c2ccc3cc(-c4ccc(-c5cnc(C6CCCN6C(=O)C(NC=O)c6ccccc6)[nH]5)cc4)ccc3c2)[nH]1. The Bertz CT molecular complexity index is 2430. The van der Waals surface area contributed by atoms with E-state index in [0.717, 1.165) is 87.3 Å². The van der Waals surface area contributed by atoms with Crippen molar-refractivity contribution in [2.24, 2.45) is 0 Å². The molecule has 15 nitrogen and oxygen atoms in total. The lowest BCUT2D eigenvalue weighted by Gasteiger charge is -2.28. The van der Waals surface area contributed by atoms with Crippen LogP contribution in [-0.2, 0) is 23.9 Å². The Morgan fingerprint density at radius 3 is 1.82 bits per heavy atom. The Morgan fingerprint density at radius 1 is 0.754 bits per heavy atom. The lowest BCUT2D eigenvalue weighted by molar-refractivity contribution is -0.136. The van der Waals surface area contributed by atoms with Crippen molar-refractivity contribution >= 4 is 35.1 Å². The first-order valence-corrected chi connectivity index (χ1v) is 22.1. The molecule has 65 heavy (non-hydrogen) atoms. The Morgan fingerprint density at radius 2 is 1.25 bits per heavy atom. The van der Waals surface area contributed by atoms with Crippen molar-refractivity contribution in [2.75, 3.05) is 47.6 Å². The molecule has 0 spiro atoms. The number of aromatic nitrogens is 4. The first kappa shape index (κ1) is 49.2. The Labute approximate surface area is 381 Å². The van der Waals surface area contributed by atoms with Gasteiger partial charge in [0.1, 0.15) is 24.2 Å². The smallest absolute Gasteiger partial charge is 0.407 e. The number of alkyl carbamates (subject to hydrolysis) is 1. The molecule has 6 aromatic rings. The van der Waals surface area contributed by atoms with Crippen LogP contribution in [0, 0.1) is 0 Å². The molecule has 15 heteroatoms. The van der Waals surface area contributed by atoms with Crippen molar-refractivity contribution < 1.29 is 33.8 Å². The number of H-pyrrole nitrogens is 2. The molecule has 4 aromatic carbocycles. The molecule has 2 aliphatic heterocycles. The summed E-state index contributed by atoms with van der Waals surface area (Å²) in [5.41, 5.74) is 6.64. The predicted octanol–water partition coefficient (Wildman–Crippen LogP) is 8.13. The standard InChI is InChI=1S/C43H42N8O5.C3H8.2C2H6O/c1-56-43(55)46-25-38(53)50-19-5-9-36(50)40-45-24-35(49-40)33-18-17-31-21-30(15-16-32(31)22-33)27-11-13-28(14-12-27)34-23-44-41(48-34)37-10-6-20-51(37)42(54)39(47-26-52)29-7-3-2-4-8-29;2*1-3-2;1-2-3/h2-4,7-8,11-18,21-24,26,36-37,39H,5-6,9-10,19-20,25H2,1H3,(H,44,48)(H,45,49)(H,46,55)(H,47,52);3H2,1-2H3;1-2H3;3H,2H2,1H3. The topological polar surface area (TPSA) is 195 Å². The van der Waals surface area contributed by atoms with Gasteiger partial charge in [-0.15, -0.1) is 0 Å². The van der Waals surface area contributed by atoms with Crippen molar-refractivity contribution in [3.8, 4) is 33.6 Å². The maximum atomic E-state index is 13.7. The third kappa shape index (κ3) is 12.7. The average molecular weight is 887 g/mol. The van der Waals surface area contributed by atoms with Crippen LogP contribution in [0.2, 0.25) is 0 Å². The Kier molecular flexibility index (Phi) is 18.8. The second-order valence-electron chi connectivity index (χ2n) is 15.6. The van der Waals surface area contributed by atoms with E-state index in [4.69, 9.17) is 10.1 Å². The van der Waals surface area contributed by atoms with E-state index in [1.54, 1.807) is 32.2 Å². The molecule has 2 saturated heterocycles. The molecule has 8 rings (SSSR count). The number of methoxy groups -OCH3 is 2. The van der Waals surface area contributed by atoms with Gasteiger partial charge in [0.15, 0.2) is 0 Å². The number of likely N-dealkylation sites (tertiary alicyclic amines) is 2. The minimum atomic E-state index is -0.753. The molecule has 344 valence electrons. The highest BCUT2D eigenvalue weighted by atomic mass is 16.5. The predicted molar refractivity (Wildman–Crippen MR) is 252 cm³/mol. The number of benzene rings is 4. The second kappa shape index (κ2) is 24.9. The van der Waals surface area contributed by atoms with Crippen LogP contribution in [0.1, 0.15) is 88.2 Å². The largest absolute Gasteiger partial charge is 0.453 e. The minimum Gasteiger partial charge on any atom is -0.453 e. The molecule has 0 saturated carbocycles. The fraction of sp³-hybridized carbons (Fsp3) is 0.360. The molecule has 0 radical (unpaired) electrons. The highest BCUT2D eigenvalue weighted by molar-refractivity contribution is 5.91. The van der Waals surface area contributed by atoms with Gasteiger partial charge in [-0.3, -0.25) is 14.4 Å². The van der Waals surface area contributed by atoms with E-state index in [2.05, 4.69) is 110 Å². The number of rotatable bonds is 11. The van der Waals surface area contributed by atoms with Gasteiger partial charge in [-0.1, -0.05) is 99.1 Å². The van der Waals surface area contributed by atoms with E-state index in [0.29, 0.717) is 19.5 Å². The number of aromatic amines is 2. The van der Waals surface area contributed by atoms with Crippen molar-refractivity contribution in [3.63, 3.8) is 0 Å². The Balaban J connectivity index is 0.000000816. The minimum absolute atomic E-state index is 0.122. The van der Waals surface area contributed by atoms with E-state index in [1.165, 1.54) is 13.5 Å². The lowest BCUT2D eigenvalue weighted by atomic mass is 9.98. The van der Waals surface area contributed by atoms with Crippen LogP contribution in [0.3, 0.4) is 0 Å². The third-order valence-electron chi connectivity index (χ3n) is 10.8. The molecule has 0 aliphatic carbocycles. The molecular weight excluding hydrogens is 825 g/mol. The fourth-order valence-electron chi connectivity index (χ4n) is 7.92. The molecule has 3 unspecified atom stereocenters. The van der Waals surface area contributed by atoms with Crippen LogP contribution in [0.4, 0.5) is 4.79 Å². The summed E-state index contributed by atoms with van der Waals surface area (Å²) in [6, 6.07) is 29.2. The van der Waals surface area contributed by atoms with Gasteiger partial charge in [0.25, 0.3) is 0 Å². The number of carbonyl (C=O) groups is 4. The molecular formula is C50H62N8O7. The summed E-state index contributed by atoms with van der Waals surface area (Å²) < 4.78 is 8.84. The lowest BCUT2D eigenvalue weighted by Crippen LogP contribution is -2.40. The Hall–Kier alpha value is -6.84. The zero-order chi connectivity index (χ0) is 46.7. The van der Waals surface area contributed by atoms with Crippen LogP contribution in [0.5, 0.6) is 0 Å². The van der Waals surface area contributed by atoms with Gasteiger partial charge >= 0.3 is 6.09 Å². The van der Waals surface area contributed by atoms with Crippen molar-refractivity contribution in [2.45, 2.75) is 71.0 Å². The maximum Gasteiger partial charge on any atom is 0.407 e. The van der Waals surface area contributed by atoms with Crippen molar-refractivity contribution in [1.29, 1.82) is 0 Å². The highest BCUT2D eigenvalue weighted by Crippen LogP contribution is 2.36. The van der Waals surface area contributed by atoms with Crippen LogP contribution in [-0.4, -0.2) is 107 Å². The van der Waals surface area contributed by atoms with Gasteiger partial charge < -0.3 is 45.0 Å². The summed E-state index contributed by atoms with van der Waals surface area (Å²) in [4.78, 5) is 69.2. The number of nitrogens with zero attached hydrogens (tertiary/aromatic N) is 4. The number of hydrogen-bond donors (Lipinski definition) is 5. The monoisotopic (exact) mass is 886 g/mol. The van der Waals surface area contributed by atoms with Gasteiger partial charge in [0.05, 0.1) is 43.0 Å². The number of hydrogen-bond acceptors (Lipinski definition) is 9. The first-order valence-electron chi connectivity index (χ1n) is 22.1. The zero-order valence-electron chi connectivity index (χ0n) is 38.2. The number of carbonyl (C=O) groups excluding carboxylic acids is 4. The summed E-state index contributed by atoms with van der Waals surface area (Å²) in [5.74, 6) is 1.13. The summed E-state index contributed by atoms with van der Waals surface area (Å²) in [5, 5.41) is 14.9. The molecule has 3 atom stereocenters. The maximum absolute atomic E-state index is 13.7. The highest BCUT2D eigenvalue weighted by Gasteiger charge is 2.36. The number of aliphatic hydroxyl groups excluding tert-OH is 1. The van der Waals surface area contributed by atoms with E-state index in [1.807, 2.05) is 41.4 Å². The van der Waals surface area contributed by atoms with Gasteiger partial charge in [0, 0.05) is 39.5 Å². The number of fused-ring (bicyclic) bond motifs is 1. The molecule has 4 amide bonds. The zero-order valence-corrected chi connectivity index (χ0v) is 38.2. The van der Waals surface area contributed by atoms with E-state index >= 15 is 0 Å².